The molecule has 0 unspecified atom stereocenters. The summed E-state index contributed by atoms with van der Waals surface area (Å²) in [6.45, 7) is 1.87. The topological polar surface area (TPSA) is 105 Å². The number of rotatable bonds is 8. The van der Waals surface area contributed by atoms with E-state index in [1.165, 1.54) is 35.8 Å². The molecular formula is C26H27N5O4S. The highest BCUT2D eigenvalue weighted by molar-refractivity contribution is 7.89. The van der Waals surface area contributed by atoms with E-state index < -0.39 is 28.1 Å². The molecule has 0 aliphatic rings. The van der Waals surface area contributed by atoms with Gasteiger partial charge in [-0.2, -0.15) is 0 Å². The molecule has 10 heteroatoms. The van der Waals surface area contributed by atoms with Gasteiger partial charge in [-0.25, -0.2) is 17.7 Å². The van der Waals surface area contributed by atoms with Gasteiger partial charge in [-0.15, -0.1) is 5.10 Å². The lowest BCUT2D eigenvalue weighted by atomic mass is 10.1. The van der Waals surface area contributed by atoms with Crippen molar-refractivity contribution in [3.05, 3.63) is 83.9 Å². The SMILES string of the molecule is Cc1nc(C(=O)CC(=O)N(Cc2ccc3ccccc3c2)c2cccc(S(=O)(=O)N(C)C)c2)nn1C. The van der Waals surface area contributed by atoms with E-state index in [9.17, 15) is 18.0 Å². The van der Waals surface area contributed by atoms with Crippen LogP contribution in [0.2, 0.25) is 0 Å². The first-order valence-electron chi connectivity index (χ1n) is 11.3. The van der Waals surface area contributed by atoms with Crippen molar-refractivity contribution in [3.8, 4) is 0 Å². The Hall–Kier alpha value is -3.89. The number of amides is 1. The molecule has 3 aromatic carbocycles. The fraction of sp³-hybridized carbons (Fsp3) is 0.231. The molecule has 0 aliphatic heterocycles. The number of ketones is 1. The van der Waals surface area contributed by atoms with Gasteiger partial charge in [-0.05, 0) is 47.5 Å². The molecule has 186 valence electrons. The summed E-state index contributed by atoms with van der Waals surface area (Å²) in [5.41, 5.74) is 1.20. The lowest BCUT2D eigenvalue weighted by molar-refractivity contribution is -0.117. The normalized spacial score (nSPS) is 11.7. The standard InChI is InChI=1S/C26H27N5O4S/c1-18-27-26(28-30(18)4)24(32)16-25(33)31(17-19-12-13-20-8-5-6-9-21(20)14-19)22-10-7-11-23(15-22)36(34,35)29(2)3/h5-15H,16-17H2,1-4H3. The van der Waals surface area contributed by atoms with Gasteiger partial charge >= 0.3 is 0 Å². The second-order valence-electron chi connectivity index (χ2n) is 8.65. The number of sulfonamides is 1. The molecule has 1 aromatic heterocycles. The minimum Gasteiger partial charge on any atom is -0.308 e. The van der Waals surface area contributed by atoms with Gasteiger partial charge in [0.05, 0.1) is 17.9 Å². The number of carbonyl (C=O) groups is 2. The Bertz CT molecular complexity index is 1540. The van der Waals surface area contributed by atoms with Crippen LogP contribution in [0, 0.1) is 6.92 Å². The van der Waals surface area contributed by atoms with Gasteiger partial charge in [0.1, 0.15) is 5.82 Å². The maximum atomic E-state index is 13.5. The van der Waals surface area contributed by atoms with E-state index in [1.54, 1.807) is 26.1 Å². The lowest BCUT2D eigenvalue weighted by Gasteiger charge is -2.24. The van der Waals surface area contributed by atoms with Gasteiger partial charge in [0.15, 0.2) is 0 Å². The number of carbonyl (C=O) groups excluding carboxylic acids is 2. The third kappa shape index (κ3) is 5.19. The number of hydrogen-bond donors (Lipinski definition) is 0. The van der Waals surface area contributed by atoms with Gasteiger partial charge in [-0.1, -0.05) is 42.5 Å². The molecular weight excluding hydrogens is 478 g/mol. The van der Waals surface area contributed by atoms with Crippen LogP contribution in [-0.2, 0) is 28.4 Å². The van der Waals surface area contributed by atoms with Crippen LogP contribution < -0.4 is 4.90 Å². The van der Waals surface area contributed by atoms with Gasteiger partial charge in [0.25, 0.3) is 0 Å². The number of nitrogens with zero attached hydrogens (tertiary/aromatic N) is 5. The summed E-state index contributed by atoms with van der Waals surface area (Å²) in [7, 11) is 0.838. The van der Waals surface area contributed by atoms with E-state index in [2.05, 4.69) is 10.1 Å². The van der Waals surface area contributed by atoms with Crippen molar-refractivity contribution in [2.75, 3.05) is 19.0 Å². The third-order valence-corrected chi connectivity index (χ3v) is 7.72. The highest BCUT2D eigenvalue weighted by atomic mass is 32.2. The molecule has 1 amide bonds. The quantitative estimate of drug-likeness (QED) is 0.269. The van der Waals surface area contributed by atoms with Crippen molar-refractivity contribution < 1.29 is 18.0 Å². The number of aryl methyl sites for hydroxylation is 2. The lowest BCUT2D eigenvalue weighted by Crippen LogP contribution is -2.32. The van der Waals surface area contributed by atoms with Crippen LogP contribution in [0.25, 0.3) is 10.8 Å². The maximum absolute atomic E-state index is 13.5. The zero-order chi connectivity index (χ0) is 26.0. The second kappa shape index (κ2) is 10.00. The van der Waals surface area contributed by atoms with Gasteiger partial charge < -0.3 is 4.90 Å². The molecule has 4 aromatic rings. The number of anilines is 1. The van der Waals surface area contributed by atoms with Crippen LogP contribution in [-0.4, -0.2) is 53.3 Å². The summed E-state index contributed by atoms with van der Waals surface area (Å²) in [6.07, 6.45) is -0.457. The number of Topliss-reactive ketones (excluding diaryl/α,β-unsaturated/α-hetero) is 1. The fourth-order valence-corrected chi connectivity index (χ4v) is 4.70. The predicted molar refractivity (Wildman–Crippen MR) is 137 cm³/mol. The summed E-state index contributed by atoms with van der Waals surface area (Å²) in [4.78, 5) is 31.9. The smallest absolute Gasteiger partial charge is 0.242 e. The highest BCUT2D eigenvalue weighted by Crippen LogP contribution is 2.25. The summed E-state index contributed by atoms with van der Waals surface area (Å²) in [5.74, 6) is -0.472. The van der Waals surface area contributed by atoms with Crippen molar-refractivity contribution in [1.82, 2.24) is 19.1 Å². The van der Waals surface area contributed by atoms with E-state index in [4.69, 9.17) is 0 Å². The highest BCUT2D eigenvalue weighted by Gasteiger charge is 2.25. The summed E-state index contributed by atoms with van der Waals surface area (Å²) >= 11 is 0. The molecule has 36 heavy (non-hydrogen) atoms. The monoisotopic (exact) mass is 505 g/mol. The van der Waals surface area contributed by atoms with E-state index >= 15 is 0 Å². The Morgan fingerprint density at radius 2 is 1.67 bits per heavy atom. The minimum atomic E-state index is -3.72. The van der Waals surface area contributed by atoms with Crippen molar-refractivity contribution in [2.45, 2.75) is 24.8 Å². The maximum Gasteiger partial charge on any atom is 0.242 e. The molecule has 0 atom stereocenters. The molecule has 4 rings (SSSR count). The van der Waals surface area contributed by atoms with Crippen molar-refractivity contribution in [1.29, 1.82) is 0 Å². The number of aromatic nitrogens is 3. The number of hydrogen-bond acceptors (Lipinski definition) is 6. The van der Waals surface area contributed by atoms with Crippen LogP contribution in [0.1, 0.15) is 28.4 Å². The molecule has 1 heterocycles. The van der Waals surface area contributed by atoms with Crippen LogP contribution in [0.4, 0.5) is 5.69 Å². The van der Waals surface area contributed by atoms with Gasteiger partial charge in [-0.3, -0.25) is 14.3 Å². The average molecular weight is 506 g/mol. The van der Waals surface area contributed by atoms with Crippen LogP contribution in [0.3, 0.4) is 0 Å². The predicted octanol–water partition coefficient (Wildman–Crippen LogP) is 3.33. The molecule has 0 saturated carbocycles. The summed E-state index contributed by atoms with van der Waals surface area (Å²) in [5, 5.41) is 6.15. The molecule has 0 radical (unpaired) electrons. The average Bonchev–Trinajstić information content (AvgIpc) is 3.20. The Balaban J connectivity index is 1.71. The van der Waals surface area contributed by atoms with Crippen molar-refractivity contribution in [3.63, 3.8) is 0 Å². The Kier molecular flexibility index (Phi) is 7.00. The van der Waals surface area contributed by atoms with Crippen molar-refractivity contribution >= 4 is 38.2 Å². The van der Waals surface area contributed by atoms with Crippen LogP contribution in [0.5, 0.6) is 0 Å². The van der Waals surface area contributed by atoms with Gasteiger partial charge in [0, 0.05) is 26.8 Å². The van der Waals surface area contributed by atoms with Crippen LogP contribution in [0.15, 0.2) is 71.6 Å². The van der Waals surface area contributed by atoms with Crippen LogP contribution >= 0.6 is 0 Å². The third-order valence-electron chi connectivity index (χ3n) is 5.91. The molecule has 0 fully saturated rings. The largest absolute Gasteiger partial charge is 0.308 e. The first kappa shape index (κ1) is 25.2. The van der Waals surface area contributed by atoms with E-state index in [1.807, 2.05) is 42.5 Å². The Morgan fingerprint density at radius 3 is 2.33 bits per heavy atom. The van der Waals surface area contributed by atoms with E-state index in [0.717, 1.165) is 20.6 Å². The number of benzene rings is 3. The molecule has 9 nitrogen and oxygen atoms in total. The zero-order valence-corrected chi connectivity index (χ0v) is 21.4. The Morgan fingerprint density at radius 1 is 0.944 bits per heavy atom. The van der Waals surface area contributed by atoms with E-state index in [-0.39, 0.29) is 17.3 Å². The fourth-order valence-electron chi connectivity index (χ4n) is 3.76. The molecule has 0 N–H and O–H groups in total. The molecule has 0 bridgehead atoms. The van der Waals surface area contributed by atoms with Gasteiger partial charge in [0.2, 0.25) is 27.5 Å². The molecule has 0 saturated heterocycles. The van der Waals surface area contributed by atoms with Crippen molar-refractivity contribution in [2.24, 2.45) is 7.05 Å². The summed E-state index contributed by atoms with van der Waals surface area (Å²) in [6, 6.07) is 19.9. The first-order chi connectivity index (χ1) is 17.1. The second-order valence-corrected chi connectivity index (χ2v) is 10.8. The summed E-state index contributed by atoms with van der Waals surface area (Å²) < 4.78 is 28.0. The minimum absolute atomic E-state index is 0.0297. The molecule has 0 spiro atoms. The molecule has 0 aliphatic carbocycles. The number of fused-ring (bicyclic) bond motifs is 1. The van der Waals surface area contributed by atoms with E-state index in [0.29, 0.717) is 11.5 Å². The first-order valence-corrected chi connectivity index (χ1v) is 12.7. The zero-order valence-electron chi connectivity index (χ0n) is 20.5. The Labute approximate surface area is 210 Å².